The summed E-state index contributed by atoms with van der Waals surface area (Å²) in [5.41, 5.74) is 0. The summed E-state index contributed by atoms with van der Waals surface area (Å²) in [7, 11) is 0. The highest BCUT2D eigenvalue weighted by Gasteiger charge is 1.93. The zero-order valence-electron chi connectivity index (χ0n) is 14.4. The standard InChI is InChI=1S/C19H34N2.BrH/c1-2-3-4-5-6-7-8-9-10-11-12-13-14-15-16-19-20-17-18-21-19;/h15-18H,2-14H2,1H3,(H,20,21);1H. The number of nitrogens with one attached hydrogen (secondary N) is 1. The first-order chi connectivity index (χ1) is 10.4. The normalized spacial score (nSPS) is 11.0. The molecule has 0 saturated carbocycles. The van der Waals surface area contributed by atoms with Gasteiger partial charge < -0.3 is 4.98 Å². The molecule has 0 aliphatic carbocycles. The van der Waals surface area contributed by atoms with Crippen molar-refractivity contribution in [1.29, 1.82) is 0 Å². The molecule has 0 unspecified atom stereocenters. The van der Waals surface area contributed by atoms with Crippen LogP contribution in [0.2, 0.25) is 0 Å². The van der Waals surface area contributed by atoms with Crippen molar-refractivity contribution >= 4 is 23.1 Å². The van der Waals surface area contributed by atoms with Gasteiger partial charge in [-0.2, -0.15) is 0 Å². The van der Waals surface area contributed by atoms with E-state index in [4.69, 9.17) is 0 Å². The molecule has 0 atom stereocenters. The second-order valence-electron chi connectivity index (χ2n) is 6.05. The van der Waals surface area contributed by atoms with Crippen molar-refractivity contribution in [3.05, 3.63) is 24.3 Å². The Hall–Kier alpha value is -0.570. The smallest absolute Gasteiger partial charge is 0.129 e. The minimum Gasteiger partial charge on any atom is -0.345 e. The molecule has 0 saturated heterocycles. The van der Waals surface area contributed by atoms with E-state index in [2.05, 4.69) is 29.0 Å². The first-order valence-corrected chi connectivity index (χ1v) is 9.09. The van der Waals surface area contributed by atoms with Crippen LogP contribution in [0.4, 0.5) is 0 Å². The van der Waals surface area contributed by atoms with Crippen LogP contribution in [0.25, 0.3) is 6.08 Å². The highest BCUT2D eigenvalue weighted by atomic mass is 79.9. The molecule has 0 bridgehead atoms. The number of nitrogens with zero attached hydrogens (tertiary/aromatic N) is 1. The van der Waals surface area contributed by atoms with Crippen molar-refractivity contribution < 1.29 is 0 Å². The summed E-state index contributed by atoms with van der Waals surface area (Å²) in [6.45, 7) is 2.28. The minimum absolute atomic E-state index is 0. The molecule has 0 radical (unpaired) electrons. The quantitative estimate of drug-likeness (QED) is 0.347. The summed E-state index contributed by atoms with van der Waals surface area (Å²) in [6, 6.07) is 0. The summed E-state index contributed by atoms with van der Waals surface area (Å²) >= 11 is 0. The van der Waals surface area contributed by atoms with Crippen molar-refractivity contribution in [3.8, 4) is 0 Å². The number of hydrogen-bond donors (Lipinski definition) is 1. The molecule has 1 N–H and O–H groups in total. The third-order valence-electron chi connectivity index (χ3n) is 4.02. The molecule has 1 aromatic heterocycles. The number of halogens is 1. The molecule has 0 spiro atoms. The van der Waals surface area contributed by atoms with E-state index in [1.54, 1.807) is 6.20 Å². The van der Waals surface area contributed by atoms with Gasteiger partial charge in [0.1, 0.15) is 5.82 Å². The van der Waals surface area contributed by atoms with Gasteiger partial charge in [0.2, 0.25) is 0 Å². The molecule has 3 heteroatoms. The number of H-pyrrole nitrogens is 1. The SMILES string of the molecule is Br.CCCCCCCCCCCCCCC=Cc1ncc[nH]1. The fourth-order valence-electron chi connectivity index (χ4n) is 2.67. The fraction of sp³-hybridized carbons (Fsp3) is 0.737. The topological polar surface area (TPSA) is 28.7 Å². The van der Waals surface area contributed by atoms with Crippen LogP contribution >= 0.6 is 17.0 Å². The van der Waals surface area contributed by atoms with Crippen LogP contribution in [0, 0.1) is 0 Å². The average molecular weight is 371 g/mol. The molecule has 22 heavy (non-hydrogen) atoms. The lowest BCUT2D eigenvalue weighted by atomic mass is 10.0. The van der Waals surface area contributed by atoms with Crippen LogP contribution in [-0.4, -0.2) is 9.97 Å². The van der Waals surface area contributed by atoms with Crippen molar-refractivity contribution in [2.45, 2.75) is 90.4 Å². The predicted molar refractivity (Wildman–Crippen MR) is 104 cm³/mol. The summed E-state index contributed by atoms with van der Waals surface area (Å²) in [5.74, 6) is 0.967. The van der Waals surface area contributed by atoms with Gasteiger partial charge in [-0.3, -0.25) is 0 Å². The molecule has 128 valence electrons. The van der Waals surface area contributed by atoms with E-state index >= 15 is 0 Å². The van der Waals surface area contributed by atoms with Crippen molar-refractivity contribution in [2.75, 3.05) is 0 Å². The lowest BCUT2D eigenvalue weighted by Gasteiger charge is -2.02. The van der Waals surface area contributed by atoms with Gasteiger partial charge >= 0.3 is 0 Å². The maximum absolute atomic E-state index is 4.17. The number of unbranched alkanes of at least 4 members (excludes halogenated alkanes) is 12. The molecule has 0 amide bonds. The van der Waals surface area contributed by atoms with E-state index in [1.807, 2.05) is 6.20 Å². The van der Waals surface area contributed by atoms with Crippen LogP contribution in [0.15, 0.2) is 18.5 Å². The lowest BCUT2D eigenvalue weighted by Crippen LogP contribution is -1.82. The fourth-order valence-corrected chi connectivity index (χ4v) is 2.67. The molecule has 0 aliphatic heterocycles. The second kappa shape index (κ2) is 16.8. The number of imidazole rings is 1. The number of allylic oxidation sites excluding steroid dienone is 1. The van der Waals surface area contributed by atoms with E-state index in [0.29, 0.717) is 0 Å². The Labute approximate surface area is 148 Å². The van der Waals surface area contributed by atoms with Crippen LogP contribution in [-0.2, 0) is 0 Å². The zero-order chi connectivity index (χ0) is 15.0. The monoisotopic (exact) mass is 370 g/mol. The maximum Gasteiger partial charge on any atom is 0.129 e. The first-order valence-electron chi connectivity index (χ1n) is 9.09. The predicted octanol–water partition coefficient (Wildman–Crippen LogP) is 7.09. The Balaban J connectivity index is 0.00000441. The molecular weight excluding hydrogens is 336 g/mol. The largest absolute Gasteiger partial charge is 0.345 e. The van der Waals surface area contributed by atoms with E-state index in [1.165, 1.54) is 83.5 Å². The lowest BCUT2D eigenvalue weighted by molar-refractivity contribution is 0.545. The maximum atomic E-state index is 4.17. The van der Waals surface area contributed by atoms with Gasteiger partial charge in [-0.25, -0.2) is 4.98 Å². The zero-order valence-corrected chi connectivity index (χ0v) is 16.1. The van der Waals surface area contributed by atoms with E-state index in [-0.39, 0.29) is 17.0 Å². The van der Waals surface area contributed by atoms with Gasteiger partial charge in [-0.15, -0.1) is 17.0 Å². The molecule has 1 rings (SSSR count). The molecule has 0 aromatic carbocycles. The number of hydrogen-bond acceptors (Lipinski definition) is 1. The van der Waals surface area contributed by atoms with Crippen LogP contribution in [0.3, 0.4) is 0 Å². The highest BCUT2D eigenvalue weighted by Crippen LogP contribution is 2.12. The Morgan fingerprint density at radius 2 is 1.41 bits per heavy atom. The van der Waals surface area contributed by atoms with Crippen LogP contribution < -0.4 is 0 Å². The van der Waals surface area contributed by atoms with Crippen molar-refractivity contribution in [3.63, 3.8) is 0 Å². The highest BCUT2D eigenvalue weighted by molar-refractivity contribution is 8.93. The van der Waals surface area contributed by atoms with Gasteiger partial charge in [0.25, 0.3) is 0 Å². The van der Waals surface area contributed by atoms with Gasteiger partial charge in [0, 0.05) is 12.4 Å². The Morgan fingerprint density at radius 3 is 1.91 bits per heavy atom. The summed E-state index contributed by atoms with van der Waals surface area (Å²) in [6.07, 6.45) is 26.2. The Morgan fingerprint density at radius 1 is 0.864 bits per heavy atom. The van der Waals surface area contributed by atoms with Crippen molar-refractivity contribution in [2.24, 2.45) is 0 Å². The van der Waals surface area contributed by atoms with Gasteiger partial charge in [-0.05, 0) is 18.9 Å². The third-order valence-corrected chi connectivity index (χ3v) is 4.02. The van der Waals surface area contributed by atoms with E-state index < -0.39 is 0 Å². The molecule has 2 nitrogen and oxygen atoms in total. The summed E-state index contributed by atoms with van der Waals surface area (Å²) in [4.78, 5) is 7.26. The molecular formula is C19H35BrN2. The average Bonchev–Trinajstić information content (AvgIpc) is 3.01. The molecule has 0 aliphatic rings. The third kappa shape index (κ3) is 13.1. The van der Waals surface area contributed by atoms with E-state index in [0.717, 1.165) is 5.82 Å². The van der Waals surface area contributed by atoms with Crippen LogP contribution in [0.1, 0.15) is 96.2 Å². The molecule has 1 aromatic rings. The number of aromatic nitrogens is 2. The van der Waals surface area contributed by atoms with Gasteiger partial charge in [0.15, 0.2) is 0 Å². The van der Waals surface area contributed by atoms with Crippen LogP contribution in [0.5, 0.6) is 0 Å². The first kappa shape index (κ1) is 21.4. The summed E-state index contributed by atoms with van der Waals surface area (Å²) in [5, 5.41) is 0. The van der Waals surface area contributed by atoms with Gasteiger partial charge in [-0.1, -0.05) is 83.6 Å². The van der Waals surface area contributed by atoms with Crippen molar-refractivity contribution in [1.82, 2.24) is 9.97 Å². The number of aromatic amines is 1. The second-order valence-corrected chi connectivity index (χ2v) is 6.05. The Kier molecular flexibility index (Phi) is 16.4. The Bertz CT molecular complexity index is 333. The molecule has 1 heterocycles. The minimum atomic E-state index is 0. The van der Waals surface area contributed by atoms with E-state index in [9.17, 15) is 0 Å². The summed E-state index contributed by atoms with van der Waals surface area (Å²) < 4.78 is 0. The number of rotatable bonds is 14. The molecule has 0 fully saturated rings. The van der Waals surface area contributed by atoms with Gasteiger partial charge in [0.05, 0.1) is 0 Å².